The van der Waals surface area contributed by atoms with Crippen LogP contribution < -0.4 is 9.80 Å². The molecule has 2 aromatic rings. The van der Waals surface area contributed by atoms with E-state index in [9.17, 15) is 4.79 Å². The van der Waals surface area contributed by atoms with Gasteiger partial charge in [-0.25, -0.2) is 0 Å². The zero-order chi connectivity index (χ0) is 17.4. The SMILES string of the molecule is Cc1cccc(N2CCN(/C=C3\C(=O)N(C)c4ccccc43)CC2)c1. The predicted molar refractivity (Wildman–Crippen MR) is 103 cm³/mol. The number of aryl methyl sites for hydroxylation is 1. The summed E-state index contributed by atoms with van der Waals surface area (Å²) in [4.78, 5) is 19.0. The van der Waals surface area contributed by atoms with Crippen LogP contribution in [0, 0.1) is 6.92 Å². The van der Waals surface area contributed by atoms with E-state index in [1.54, 1.807) is 4.90 Å². The molecule has 1 amide bonds. The fourth-order valence-electron chi connectivity index (χ4n) is 3.64. The monoisotopic (exact) mass is 333 g/mol. The van der Waals surface area contributed by atoms with Gasteiger partial charge in [0, 0.05) is 50.7 Å². The third kappa shape index (κ3) is 2.88. The van der Waals surface area contributed by atoms with Gasteiger partial charge in [0.25, 0.3) is 5.91 Å². The van der Waals surface area contributed by atoms with Crippen LogP contribution in [0.4, 0.5) is 11.4 Å². The molecule has 0 aromatic heterocycles. The van der Waals surface area contributed by atoms with Crippen molar-refractivity contribution in [2.24, 2.45) is 0 Å². The summed E-state index contributed by atoms with van der Waals surface area (Å²) < 4.78 is 0. The number of carbonyl (C=O) groups excluding carboxylic acids is 1. The number of piperazine rings is 1. The minimum absolute atomic E-state index is 0.0855. The number of hydrogen-bond donors (Lipinski definition) is 0. The van der Waals surface area contributed by atoms with Crippen LogP contribution in [0.5, 0.6) is 0 Å². The first-order valence-corrected chi connectivity index (χ1v) is 8.78. The van der Waals surface area contributed by atoms with E-state index in [1.807, 2.05) is 31.3 Å². The molecule has 4 rings (SSSR count). The highest BCUT2D eigenvalue weighted by molar-refractivity contribution is 6.32. The van der Waals surface area contributed by atoms with Crippen LogP contribution in [0.3, 0.4) is 0 Å². The van der Waals surface area contributed by atoms with Crippen molar-refractivity contribution in [2.75, 3.05) is 43.0 Å². The van der Waals surface area contributed by atoms with Gasteiger partial charge in [-0.2, -0.15) is 0 Å². The zero-order valence-electron chi connectivity index (χ0n) is 14.8. The molecule has 2 aliphatic rings. The number of benzene rings is 2. The van der Waals surface area contributed by atoms with Crippen molar-refractivity contribution in [1.29, 1.82) is 0 Å². The molecule has 2 aromatic carbocycles. The number of nitrogens with zero attached hydrogens (tertiary/aromatic N) is 3. The van der Waals surface area contributed by atoms with Gasteiger partial charge in [-0.3, -0.25) is 4.79 Å². The summed E-state index contributed by atoms with van der Waals surface area (Å²) in [7, 11) is 1.84. The number of likely N-dealkylation sites (N-methyl/N-ethyl adjacent to an activating group) is 1. The van der Waals surface area contributed by atoms with Crippen molar-refractivity contribution < 1.29 is 4.79 Å². The molecule has 1 fully saturated rings. The third-order valence-electron chi connectivity index (χ3n) is 5.08. The minimum Gasteiger partial charge on any atom is -0.373 e. The van der Waals surface area contributed by atoms with Gasteiger partial charge < -0.3 is 14.7 Å². The highest BCUT2D eigenvalue weighted by Crippen LogP contribution is 2.35. The number of amides is 1. The van der Waals surface area contributed by atoms with E-state index in [4.69, 9.17) is 0 Å². The second kappa shape index (κ2) is 6.28. The van der Waals surface area contributed by atoms with Crippen molar-refractivity contribution in [3.63, 3.8) is 0 Å². The Bertz CT molecular complexity index is 835. The molecule has 0 atom stereocenters. The first kappa shape index (κ1) is 15.8. The average Bonchev–Trinajstić information content (AvgIpc) is 2.88. The Balaban J connectivity index is 1.50. The fourth-order valence-corrected chi connectivity index (χ4v) is 3.64. The van der Waals surface area contributed by atoms with E-state index in [-0.39, 0.29) is 5.91 Å². The van der Waals surface area contributed by atoms with Crippen molar-refractivity contribution in [3.05, 3.63) is 65.9 Å². The summed E-state index contributed by atoms with van der Waals surface area (Å²) in [5.41, 5.74) is 5.42. The maximum absolute atomic E-state index is 12.6. The Morgan fingerprint density at radius 3 is 2.48 bits per heavy atom. The van der Waals surface area contributed by atoms with Crippen LogP contribution in [0.1, 0.15) is 11.1 Å². The van der Waals surface area contributed by atoms with Crippen LogP contribution in [-0.4, -0.2) is 44.0 Å². The Morgan fingerprint density at radius 1 is 0.960 bits per heavy atom. The molecule has 0 saturated carbocycles. The molecular formula is C21H23N3O. The standard InChI is InChI=1S/C21H23N3O/c1-16-6-5-7-17(14-16)24-12-10-23(11-13-24)15-19-18-8-3-4-9-20(18)22(2)21(19)25/h3-9,14-15H,10-13H2,1-2H3/b19-15-. The molecule has 4 nitrogen and oxygen atoms in total. The van der Waals surface area contributed by atoms with Crippen LogP contribution >= 0.6 is 0 Å². The molecule has 0 unspecified atom stereocenters. The van der Waals surface area contributed by atoms with Gasteiger partial charge in [0.15, 0.2) is 0 Å². The van der Waals surface area contributed by atoms with Gasteiger partial charge >= 0.3 is 0 Å². The largest absolute Gasteiger partial charge is 0.373 e. The van der Waals surface area contributed by atoms with E-state index in [2.05, 4.69) is 47.2 Å². The first-order chi connectivity index (χ1) is 12.1. The van der Waals surface area contributed by atoms with Gasteiger partial charge in [-0.1, -0.05) is 30.3 Å². The molecule has 0 N–H and O–H groups in total. The molecule has 2 aliphatic heterocycles. The molecule has 4 heteroatoms. The van der Waals surface area contributed by atoms with Gasteiger partial charge in [0.2, 0.25) is 0 Å². The van der Waals surface area contributed by atoms with E-state index in [1.165, 1.54) is 11.3 Å². The van der Waals surface area contributed by atoms with E-state index in [0.29, 0.717) is 0 Å². The number of hydrogen-bond acceptors (Lipinski definition) is 3. The highest BCUT2D eigenvalue weighted by Gasteiger charge is 2.30. The van der Waals surface area contributed by atoms with Gasteiger partial charge in [0.1, 0.15) is 0 Å². The highest BCUT2D eigenvalue weighted by atomic mass is 16.2. The van der Waals surface area contributed by atoms with Crippen LogP contribution in [0.2, 0.25) is 0 Å². The van der Waals surface area contributed by atoms with E-state index in [0.717, 1.165) is 43.0 Å². The van der Waals surface area contributed by atoms with Crippen molar-refractivity contribution in [1.82, 2.24) is 4.90 Å². The lowest BCUT2D eigenvalue weighted by Gasteiger charge is -2.36. The van der Waals surface area contributed by atoms with Crippen LogP contribution in [-0.2, 0) is 4.79 Å². The maximum atomic E-state index is 12.6. The Kier molecular flexibility index (Phi) is 3.96. The fraction of sp³-hybridized carbons (Fsp3) is 0.286. The Labute approximate surface area is 149 Å². The molecule has 0 spiro atoms. The summed E-state index contributed by atoms with van der Waals surface area (Å²) in [6, 6.07) is 16.7. The third-order valence-corrected chi connectivity index (χ3v) is 5.08. The molecule has 0 bridgehead atoms. The lowest BCUT2D eigenvalue weighted by atomic mass is 10.1. The first-order valence-electron chi connectivity index (χ1n) is 8.78. The molecule has 1 saturated heterocycles. The second-order valence-corrected chi connectivity index (χ2v) is 6.79. The quantitative estimate of drug-likeness (QED) is 0.790. The summed E-state index contributed by atoms with van der Waals surface area (Å²) >= 11 is 0. The lowest BCUT2D eigenvalue weighted by molar-refractivity contribution is -0.112. The lowest BCUT2D eigenvalue weighted by Crippen LogP contribution is -2.44. The van der Waals surface area contributed by atoms with Crippen LogP contribution in [0.25, 0.3) is 5.57 Å². The van der Waals surface area contributed by atoms with Crippen molar-refractivity contribution in [2.45, 2.75) is 6.92 Å². The number of para-hydroxylation sites is 1. The second-order valence-electron chi connectivity index (χ2n) is 6.79. The number of rotatable bonds is 2. The normalized spacial score (nSPS) is 18.9. The summed E-state index contributed by atoms with van der Waals surface area (Å²) in [5.74, 6) is 0.0855. The molecule has 2 heterocycles. The Hall–Kier alpha value is -2.75. The van der Waals surface area contributed by atoms with Gasteiger partial charge in [-0.05, 0) is 30.7 Å². The molecule has 0 aliphatic carbocycles. The average molecular weight is 333 g/mol. The Morgan fingerprint density at radius 2 is 1.72 bits per heavy atom. The smallest absolute Gasteiger partial charge is 0.260 e. The minimum atomic E-state index is 0.0855. The van der Waals surface area contributed by atoms with Crippen LogP contribution in [0.15, 0.2) is 54.7 Å². The zero-order valence-corrected chi connectivity index (χ0v) is 14.8. The topological polar surface area (TPSA) is 26.8 Å². The molecule has 128 valence electrons. The molecular weight excluding hydrogens is 310 g/mol. The summed E-state index contributed by atoms with van der Waals surface area (Å²) in [6.07, 6.45) is 2.05. The van der Waals surface area contributed by atoms with Crippen molar-refractivity contribution >= 4 is 22.9 Å². The van der Waals surface area contributed by atoms with E-state index >= 15 is 0 Å². The molecule has 25 heavy (non-hydrogen) atoms. The summed E-state index contributed by atoms with van der Waals surface area (Å²) in [5, 5.41) is 0. The molecule has 0 radical (unpaired) electrons. The predicted octanol–water partition coefficient (Wildman–Crippen LogP) is 3.13. The van der Waals surface area contributed by atoms with Gasteiger partial charge in [0.05, 0.1) is 11.3 Å². The maximum Gasteiger partial charge on any atom is 0.260 e. The van der Waals surface area contributed by atoms with E-state index < -0.39 is 0 Å². The number of anilines is 2. The number of carbonyl (C=O) groups is 1. The van der Waals surface area contributed by atoms with Gasteiger partial charge in [-0.15, -0.1) is 0 Å². The number of fused-ring (bicyclic) bond motifs is 1. The summed E-state index contributed by atoms with van der Waals surface area (Å²) in [6.45, 7) is 5.93. The van der Waals surface area contributed by atoms with Crippen molar-refractivity contribution in [3.8, 4) is 0 Å².